The Hall–Kier alpha value is -1.24. The van der Waals surface area contributed by atoms with Crippen LogP contribution in [0.25, 0.3) is 0 Å². The van der Waals surface area contributed by atoms with Gasteiger partial charge >= 0.3 is 36.0 Å². The summed E-state index contributed by atoms with van der Waals surface area (Å²) in [6, 6.07) is 0. The Kier molecular flexibility index (Phi) is 4.86. The summed E-state index contributed by atoms with van der Waals surface area (Å²) in [5, 5.41) is 0. The van der Waals surface area contributed by atoms with Crippen LogP contribution in [0.2, 0.25) is 0 Å². The highest BCUT2D eigenvalue weighted by Crippen LogP contribution is 2.50. The van der Waals surface area contributed by atoms with Crippen molar-refractivity contribution < 1.29 is 61.5 Å². The van der Waals surface area contributed by atoms with Crippen molar-refractivity contribution in [3.05, 3.63) is 12.2 Å². The molecule has 0 nitrogen and oxygen atoms in total. The Labute approximate surface area is 111 Å². The molecule has 0 bridgehead atoms. The van der Waals surface area contributed by atoms with Gasteiger partial charge in [-0.15, -0.1) is 0 Å². The second-order valence-electron chi connectivity index (χ2n) is 3.74. The minimum absolute atomic E-state index is 2.12. The maximum atomic E-state index is 12.8. The number of rotatable bonds is 3. The first kappa shape index (κ1) is 20.8. The third-order valence-corrected chi connectivity index (χ3v) is 2.12. The molecule has 0 spiro atoms. The van der Waals surface area contributed by atoms with E-state index >= 15 is 0 Å². The number of allylic oxidation sites excluding steroid dienone is 2. The Morgan fingerprint density at radius 1 is 0.409 bits per heavy atom. The first-order valence-electron chi connectivity index (χ1n) is 4.56. The minimum atomic E-state index is -7.02. The summed E-state index contributed by atoms with van der Waals surface area (Å²) in [6.45, 7) is 0. The lowest BCUT2D eigenvalue weighted by Gasteiger charge is -2.29. The molecule has 0 saturated heterocycles. The van der Waals surface area contributed by atoms with Crippen LogP contribution in [0.4, 0.5) is 61.5 Å². The Balaban J connectivity index is 5.93. The van der Waals surface area contributed by atoms with Crippen LogP contribution in [0.1, 0.15) is 0 Å². The van der Waals surface area contributed by atoms with E-state index in [1.54, 1.807) is 0 Å². The van der Waals surface area contributed by atoms with E-state index in [0.29, 0.717) is 0 Å². The maximum absolute atomic E-state index is 12.8. The monoisotopic (exact) mass is 364 g/mol. The van der Waals surface area contributed by atoms with Gasteiger partial charge in [0.15, 0.2) is 0 Å². The molecule has 22 heavy (non-hydrogen) atoms. The average molecular weight is 364 g/mol. The maximum Gasteiger partial charge on any atom is 0.460 e. The summed E-state index contributed by atoms with van der Waals surface area (Å²) >= 11 is 0. The van der Waals surface area contributed by atoms with Crippen LogP contribution in [0.3, 0.4) is 0 Å². The third-order valence-electron chi connectivity index (χ3n) is 2.12. The predicted molar refractivity (Wildman–Crippen MR) is 41.0 cm³/mol. The predicted octanol–water partition coefficient (Wildman–Crippen LogP) is 5.21. The molecular formula is C8H2F14. The van der Waals surface area contributed by atoms with Crippen molar-refractivity contribution in [3.8, 4) is 0 Å². The second-order valence-corrected chi connectivity index (χ2v) is 3.74. The summed E-state index contributed by atoms with van der Waals surface area (Å²) in [4.78, 5) is 0. The molecule has 0 saturated carbocycles. The smallest absolute Gasteiger partial charge is 0.219 e. The molecule has 0 amide bonds. The van der Waals surface area contributed by atoms with Gasteiger partial charge in [-0.25, -0.2) is 4.39 Å². The Bertz CT molecular complexity index is 404. The van der Waals surface area contributed by atoms with E-state index in [9.17, 15) is 61.5 Å². The van der Waals surface area contributed by atoms with Crippen molar-refractivity contribution in [2.24, 2.45) is 0 Å². The van der Waals surface area contributed by atoms with Crippen LogP contribution < -0.4 is 0 Å². The van der Waals surface area contributed by atoms with Gasteiger partial charge in [0.25, 0.3) is 0 Å². The molecule has 0 aliphatic carbocycles. The van der Waals surface area contributed by atoms with Crippen molar-refractivity contribution in [3.63, 3.8) is 0 Å². The Morgan fingerprint density at radius 2 is 0.727 bits per heavy atom. The first-order chi connectivity index (χ1) is 9.21. The van der Waals surface area contributed by atoms with Gasteiger partial charge < -0.3 is 0 Å². The van der Waals surface area contributed by atoms with Gasteiger partial charge in [-0.05, 0) is 12.2 Å². The highest BCUT2D eigenvalue weighted by molar-refractivity contribution is 5.16. The van der Waals surface area contributed by atoms with Crippen LogP contribution in [0.5, 0.6) is 0 Å². The van der Waals surface area contributed by atoms with Crippen molar-refractivity contribution in [2.45, 2.75) is 36.0 Å². The molecule has 0 aliphatic rings. The van der Waals surface area contributed by atoms with Crippen LogP contribution in [-0.2, 0) is 0 Å². The molecule has 0 heterocycles. The third kappa shape index (κ3) is 3.39. The lowest BCUT2D eigenvalue weighted by atomic mass is 10.0. The van der Waals surface area contributed by atoms with Crippen LogP contribution in [0.15, 0.2) is 12.2 Å². The summed E-state index contributed by atoms with van der Waals surface area (Å²) in [5.41, 5.74) is -6.54. The van der Waals surface area contributed by atoms with Gasteiger partial charge in [0, 0.05) is 0 Å². The standard InChI is InChI=1S/C8H2F14/c9-3(6(14,15)16,7(17,18)19)1-2-4(10,11)5(12,13)8(20,21)22/h1-2H. The van der Waals surface area contributed by atoms with E-state index in [1.807, 2.05) is 0 Å². The quantitative estimate of drug-likeness (QED) is 0.477. The minimum Gasteiger partial charge on any atom is -0.219 e. The molecule has 0 aromatic carbocycles. The zero-order chi connectivity index (χ0) is 18.4. The molecule has 0 aliphatic heterocycles. The first-order valence-corrected chi connectivity index (χ1v) is 4.56. The summed E-state index contributed by atoms with van der Waals surface area (Å²) in [6.07, 6.45) is -25.1. The molecule has 0 fully saturated rings. The molecule has 14 heteroatoms. The molecule has 0 unspecified atom stereocenters. The van der Waals surface area contributed by atoms with Gasteiger partial charge in [0.1, 0.15) is 0 Å². The van der Waals surface area contributed by atoms with Crippen molar-refractivity contribution in [1.29, 1.82) is 0 Å². The zero-order valence-electron chi connectivity index (χ0n) is 9.45. The average Bonchev–Trinajstić information content (AvgIpc) is 2.20. The molecule has 0 radical (unpaired) electrons. The number of hydrogen-bond acceptors (Lipinski definition) is 0. The normalized spacial score (nSPS) is 16.5. The molecule has 0 rings (SSSR count). The van der Waals surface area contributed by atoms with E-state index in [2.05, 4.69) is 0 Å². The van der Waals surface area contributed by atoms with E-state index in [-0.39, 0.29) is 0 Å². The number of halogens is 14. The Morgan fingerprint density at radius 3 is 0.955 bits per heavy atom. The lowest BCUT2D eigenvalue weighted by Crippen LogP contribution is -2.54. The molecule has 0 aromatic rings. The van der Waals surface area contributed by atoms with Gasteiger partial charge in [0.05, 0.1) is 0 Å². The van der Waals surface area contributed by atoms with Crippen molar-refractivity contribution >= 4 is 0 Å². The van der Waals surface area contributed by atoms with Crippen LogP contribution >= 0.6 is 0 Å². The summed E-state index contributed by atoms with van der Waals surface area (Å²) in [5.74, 6) is -13.6. The molecular weight excluding hydrogens is 362 g/mol. The van der Waals surface area contributed by atoms with Gasteiger partial charge in [-0.3, -0.25) is 0 Å². The van der Waals surface area contributed by atoms with E-state index in [4.69, 9.17) is 0 Å². The second kappa shape index (κ2) is 5.15. The molecule has 132 valence electrons. The SMILES string of the molecule is FC(F)(F)C(F)(F)C(F)(F)C=CC(F)(C(F)(F)F)C(F)(F)F. The van der Waals surface area contributed by atoms with Gasteiger partial charge in [0.2, 0.25) is 0 Å². The fourth-order valence-corrected chi connectivity index (χ4v) is 0.863. The fourth-order valence-electron chi connectivity index (χ4n) is 0.863. The highest BCUT2D eigenvalue weighted by atomic mass is 19.4. The molecule has 0 aromatic heterocycles. The summed E-state index contributed by atoms with van der Waals surface area (Å²) in [7, 11) is 0. The largest absolute Gasteiger partial charge is 0.460 e. The van der Waals surface area contributed by atoms with Crippen LogP contribution in [0, 0.1) is 0 Å². The van der Waals surface area contributed by atoms with Gasteiger partial charge in [-0.1, -0.05) is 0 Å². The van der Waals surface area contributed by atoms with E-state index < -0.39 is 48.2 Å². The highest BCUT2D eigenvalue weighted by Gasteiger charge is 2.74. The van der Waals surface area contributed by atoms with E-state index in [1.165, 1.54) is 0 Å². The molecule has 0 N–H and O–H groups in total. The van der Waals surface area contributed by atoms with Crippen molar-refractivity contribution in [2.75, 3.05) is 0 Å². The van der Waals surface area contributed by atoms with Crippen LogP contribution in [-0.4, -0.2) is 36.0 Å². The zero-order valence-corrected chi connectivity index (χ0v) is 9.45. The topological polar surface area (TPSA) is 0 Å². The van der Waals surface area contributed by atoms with Crippen molar-refractivity contribution in [1.82, 2.24) is 0 Å². The molecule has 0 atom stereocenters. The van der Waals surface area contributed by atoms with E-state index in [0.717, 1.165) is 0 Å². The number of alkyl halides is 14. The fraction of sp³-hybridized carbons (Fsp3) is 0.750. The summed E-state index contributed by atoms with van der Waals surface area (Å²) < 4.78 is 169. The van der Waals surface area contributed by atoms with Gasteiger partial charge in [-0.2, -0.15) is 57.1 Å². The lowest BCUT2D eigenvalue weighted by molar-refractivity contribution is -0.343. The number of hydrogen-bond donors (Lipinski definition) is 0.